The number of hydrogen-bond acceptors (Lipinski definition) is 5. The van der Waals surface area contributed by atoms with E-state index in [1.165, 1.54) is 12.1 Å². The summed E-state index contributed by atoms with van der Waals surface area (Å²) in [4.78, 5) is 15.6. The number of hydrogen-bond donors (Lipinski definition) is 1. The second-order valence-electron chi connectivity index (χ2n) is 7.03. The molecule has 6 heteroatoms. The minimum absolute atomic E-state index is 0.0255. The van der Waals surface area contributed by atoms with Crippen molar-refractivity contribution in [1.29, 1.82) is 0 Å². The van der Waals surface area contributed by atoms with Crippen molar-refractivity contribution >= 4 is 22.7 Å². The van der Waals surface area contributed by atoms with Crippen molar-refractivity contribution in [2.24, 2.45) is 4.99 Å². The summed E-state index contributed by atoms with van der Waals surface area (Å²) < 4.78 is 5.18. The Kier molecular flexibility index (Phi) is 5.62. The Morgan fingerprint density at radius 2 is 1.77 bits per heavy atom. The summed E-state index contributed by atoms with van der Waals surface area (Å²) in [5.74, 6) is 0.848. The molecule has 0 aliphatic carbocycles. The number of non-ortho nitro benzene ring substituents is 1. The summed E-state index contributed by atoms with van der Waals surface area (Å²) in [6, 6.07) is 24.4. The Labute approximate surface area is 179 Å². The Bertz CT molecular complexity index is 1270. The molecule has 0 saturated heterocycles. The van der Waals surface area contributed by atoms with Crippen LogP contribution in [0.15, 0.2) is 89.9 Å². The minimum Gasteiger partial charge on any atom is -0.507 e. The quantitative estimate of drug-likeness (QED) is 0.251. The van der Waals surface area contributed by atoms with Crippen molar-refractivity contribution in [3.05, 3.63) is 112 Å². The van der Waals surface area contributed by atoms with Gasteiger partial charge in [0.05, 0.1) is 12.0 Å². The molecule has 4 rings (SSSR count). The minimum atomic E-state index is -0.619. The van der Waals surface area contributed by atoms with Crippen molar-refractivity contribution in [1.82, 2.24) is 0 Å². The molecule has 0 fully saturated rings. The monoisotopic (exact) mass is 412 g/mol. The highest BCUT2D eigenvalue weighted by atomic mass is 16.6. The first-order valence-corrected chi connectivity index (χ1v) is 9.69. The maximum Gasteiger partial charge on any atom is 0.269 e. The predicted octanol–water partition coefficient (Wildman–Crippen LogP) is 5.67. The number of nitro benzene ring substituents is 1. The van der Waals surface area contributed by atoms with Gasteiger partial charge in [-0.25, -0.2) is 0 Å². The molecule has 0 amide bonds. The predicted molar refractivity (Wildman–Crippen MR) is 121 cm³/mol. The van der Waals surface area contributed by atoms with E-state index in [1.807, 2.05) is 60.7 Å². The van der Waals surface area contributed by atoms with E-state index in [2.05, 4.69) is 0 Å². The number of rotatable bonds is 6. The van der Waals surface area contributed by atoms with E-state index < -0.39 is 11.0 Å². The number of aliphatic imine (C=N–C) groups is 1. The molecule has 1 atom stereocenters. The molecule has 0 saturated carbocycles. The first-order chi connectivity index (χ1) is 15.1. The zero-order valence-corrected chi connectivity index (χ0v) is 16.8. The molecule has 1 N–H and O–H groups in total. The maximum atomic E-state index is 11.3. The summed E-state index contributed by atoms with van der Waals surface area (Å²) in [6.45, 7) is 0. The first kappa shape index (κ1) is 20.1. The van der Waals surface area contributed by atoms with Crippen LogP contribution in [0.1, 0.15) is 22.7 Å². The van der Waals surface area contributed by atoms with Gasteiger partial charge in [-0.05, 0) is 40.8 Å². The van der Waals surface area contributed by atoms with Crippen LogP contribution in [0.25, 0.3) is 10.8 Å². The summed E-state index contributed by atoms with van der Waals surface area (Å²) in [5.41, 5.74) is 2.01. The number of phenols is 1. The van der Waals surface area contributed by atoms with E-state index >= 15 is 0 Å². The smallest absolute Gasteiger partial charge is 0.269 e. The fraction of sp³-hybridized carbons (Fsp3) is 0.0800. The lowest BCUT2D eigenvalue weighted by Crippen LogP contribution is -2.01. The van der Waals surface area contributed by atoms with Gasteiger partial charge >= 0.3 is 0 Å². The van der Waals surface area contributed by atoms with E-state index in [-0.39, 0.29) is 11.4 Å². The SMILES string of the molecule is COc1ccc(C=NC(c2cccc([N+](=O)[O-])c2)c2ccc3ccccc3c2O)cc1. The average Bonchev–Trinajstić information content (AvgIpc) is 2.81. The highest BCUT2D eigenvalue weighted by Crippen LogP contribution is 2.38. The van der Waals surface area contributed by atoms with Crippen LogP contribution in [0.5, 0.6) is 11.5 Å². The first-order valence-electron chi connectivity index (χ1n) is 9.69. The molecular weight excluding hydrogens is 392 g/mol. The normalized spacial score (nSPS) is 12.2. The molecule has 0 spiro atoms. The van der Waals surface area contributed by atoms with E-state index in [0.717, 1.165) is 16.7 Å². The standard InChI is InChI=1S/C25H20N2O4/c1-31-21-12-9-17(10-13-21)16-26-24(19-6-4-7-20(15-19)27(29)30)23-14-11-18-5-2-3-8-22(18)25(23)28/h2-16,24,28H,1H3. The number of methoxy groups -OCH3 is 1. The largest absolute Gasteiger partial charge is 0.507 e. The van der Waals surface area contributed by atoms with Gasteiger partial charge in [-0.2, -0.15) is 0 Å². The van der Waals surface area contributed by atoms with Gasteiger partial charge in [0.1, 0.15) is 17.5 Å². The lowest BCUT2D eigenvalue weighted by atomic mass is 9.95. The molecule has 0 aliphatic rings. The van der Waals surface area contributed by atoms with Crippen LogP contribution in [0.4, 0.5) is 5.69 Å². The topological polar surface area (TPSA) is 85.0 Å². The van der Waals surface area contributed by atoms with Crippen molar-refractivity contribution in [2.75, 3.05) is 7.11 Å². The van der Waals surface area contributed by atoms with Crippen LogP contribution in [0.3, 0.4) is 0 Å². The van der Waals surface area contributed by atoms with Gasteiger partial charge in [0, 0.05) is 29.3 Å². The number of aromatic hydroxyl groups is 1. The molecule has 154 valence electrons. The molecule has 0 heterocycles. The molecular formula is C25H20N2O4. The van der Waals surface area contributed by atoms with E-state index in [9.17, 15) is 15.2 Å². The second-order valence-corrected chi connectivity index (χ2v) is 7.03. The number of fused-ring (bicyclic) bond motifs is 1. The van der Waals surface area contributed by atoms with Gasteiger partial charge in [-0.3, -0.25) is 15.1 Å². The van der Waals surface area contributed by atoms with Gasteiger partial charge in [-0.1, -0.05) is 48.5 Å². The van der Waals surface area contributed by atoms with Gasteiger partial charge in [0.25, 0.3) is 5.69 Å². The molecule has 0 bridgehead atoms. The molecule has 4 aromatic carbocycles. The van der Waals surface area contributed by atoms with Crippen LogP contribution in [-0.4, -0.2) is 23.4 Å². The van der Waals surface area contributed by atoms with Crippen LogP contribution in [0.2, 0.25) is 0 Å². The average molecular weight is 412 g/mol. The number of nitro groups is 1. The van der Waals surface area contributed by atoms with E-state index in [1.54, 1.807) is 25.5 Å². The van der Waals surface area contributed by atoms with Crippen molar-refractivity contribution in [2.45, 2.75) is 6.04 Å². The van der Waals surface area contributed by atoms with Crippen LogP contribution >= 0.6 is 0 Å². The number of phenolic OH excluding ortho intramolecular Hbond substituents is 1. The van der Waals surface area contributed by atoms with Gasteiger partial charge in [0.2, 0.25) is 0 Å². The Hall–Kier alpha value is -4.19. The summed E-state index contributed by atoms with van der Waals surface area (Å²) in [7, 11) is 1.60. The highest BCUT2D eigenvalue weighted by molar-refractivity contribution is 5.90. The third kappa shape index (κ3) is 4.23. The lowest BCUT2D eigenvalue weighted by Gasteiger charge is -2.16. The molecule has 31 heavy (non-hydrogen) atoms. The summed E-state index contributed by atoms with van der Waals surface area (Å²) in [6.07, 6.45) is 1.69. The Morgan fingerprint density at radius 1 is 1.00 bits per heavy atom. The van der Waals surface area contributed by atoms with Crippen LogP contribution in [-0.2, 0) is 0 Å². The van der Waals surface area contributed by atoms with Crippen molar-refractivity contribution in [3.63, 3.8) is 0 Å². The number of ether oxygens (including phenoxy) is 1. The molecule has 0 aromatic heterocycles. The summed E-state index contributed by atoms with van der Waals surface area (Å²) >= 11 is 0. The van der Waals surface area contributed by atoms with E-state index in [4.69, 9.17) is 9.73 Å². The van der Waals surface area contributed by atoms with Gasteiger partial charge in [0.15, 0.2) is 0 Å². The zero-order chi connectivity index (χ0) is 21.8. The molecule has 4 aromatic rings. The Balaban J connectivity index is 1.83. The summed E-state index contributed by atoms with van der Waals surface area (Å²) in [5, 5.41) is 23.9. The number of benzene rings is 4. The van der Waals surface area contributed by atoms with E-state index in [0.29, 0.717) is 16.5 Å². The number of nitrogens with zero attached hydrogens (tertiary/aromatic N) is 2. The van der Waals surface area contributed by atoms with Gasteiger partial charge < -0.3 is 9.84 Å². The second kappa shape index (κ2) is 8.67. The van der Waals surface area contributed by atoms with Crippen LogP contribution in [0, 0.1) is 10.1 Å². The maximum absolute atomic E-state index is 11.3. The Morgan fingerprint density at radius 3 is 2.52 bits per heavy atom. The molecule has 6 nitrogen and oxygen atoms in total. The molecule has 0 aliphatic heterocycles. The zero-order valence-electron chi connectivity index (χ0n) is 16.8. The molecule has 0 radical (unpaired) electrons. The van der Waals surface area contributed by atoms with Crippen molar-refractivity contribution in [3.8, 4) is 11.5 Å². The fourth-order valence-electron chi connectivity index (χ4n) is 3.50. The third-order valence-corrected chi connectivity index (χ3v) is 5.11. The third-order valence-electron chi connectivity index (χ3n) is 5.11. The molecule has 1 unspecified atom stereocenters. The van der Waals surface area contributed by atoms with Crippen LogP contribution < -0.4 is 4.74 Å². The lowest BCUT2D eigenvalue weighted by molar-refractivity contribution is -0.384. The fourth-order valence-corrected chi connectivity index (χ4v) is 3.50. The van der Waals surface area contributed by atoms with Crippen molar-refractivity contribution < 1.29 is 14.8 Å². The van der Waals surface area contributed by atoms with Gasteiger partial charge in [-0.15, -0.1) is 0 Å². The highest BCUT2D eigenvalue weighted by Gasteiger charge is 2.20.